The summed E-state index contributed by atoms with van der Waals surface area (Å²) < 4.78 is 12.0. The quantitative estimate of drug-likeness (QED) is 0.761. The van der Waals surface area contributed by atoms with Gasteiger partial charge in [-0.05, 0) is 40.5 Å². The number of fused-ring (bicyclic) bond motifs is 1. The van der Waals surface area contributed by atoms with Crippen molar-refractivity contribution in [3.63, 3.8) is 0 Å². The van der Waals surface area contributed by atoms with Crippen molar-refractivity contribution in [1.29, 1.82) is 0 Å². The summed E-state index contributed by atoms with van der Waals surface area (Å²) in [6, 6.07) is 0. The predicted molar refractivity (Wildman–Crippen MR) is 96.6 cm³/mol. The summed E-state index contributed by atoms with van der Waals surface area (Å²) in [6.07, 6.45) is 3.16. The van der Waals surface area contributed by atoms with E-state index >= 15 is 0 Å². The van der Waals surface area contributed by atoms with Crippen LogP contribution in [0.4, 0.5) is 4.79 Å². The van der Waals surface area contributed by atoms with Crippen molar-refractivity contribution in [3.05, 3.63) is 16.9 Å². The summed E-state index contributed by atoms with van der Waals surface area (Å²) in [6.45, 7) is 8.94. The molecule has 9 heteroatoms. The largest absolute Gasteiger partial charge is 0.461 e. The number of rotatable bonds is 3. The van der Waals surface area contributed by atoms with Crippen LogP contribution >= 0.6 is 11.3 Å². The van der Waals surface area contributed by atoms with E-state index in [9.17, 15) is 9.59 Å². The van der Waals surface area contributed by atoms with Gasteiger partial charge in [-0.25, -0.2) is 19.1 Å². The van der Waals surface area contributed by atoms with E-state index in [2.05, 4.69) is 10.1 Å². The number of ether oxygens (including phenoxy) is 2. The molecule has 1 fully saturated rings. The zero-order valence-corrected chi connectivity index (χ0v) is 16.3. The minimum atomic E-state index is -0.505. The Morgan fingerprint density at radius 1 is 1.38 bits per heavy atom. The minimum absolute atomic E-state index is 0.147. The fourth-order valence-corrected chi connectivity index (χ4v) is 3.86. The second-order valence-corrected chi connectivity index (χ2v) is 8.27. The molecule has 2 aromatic rings. The van der Waals surface area contributed by atoms with E-state index in [4.69, 9.17) is 9.47 Å². The Labute approximate surface area is 156 Å². The van der Waals surface area contributed by atoms with Crippen LogP contribution in [0.5, 0.6) is 0 Å². The summed E-state index contributed by atoms with van der Waals surface area (Å²) >= 11 is 1.44. The SMILES string of the molecule is CCOC(=O)c1cn2nc([C@@H]3CCCN(C(=O)OC(C)(C)C)C3)sc2n1. The third-order valence-electron chi connectivity index (χ3n) is 3.97. The summed E-state index contributed by atoms with van der Waals surface area (Å²) in [5, 5.41) is 5.47. The van der Waals surface area contributed by atoms with Gasteiger partial charge in [-0.1, -0.05) is 11.3 Å². The molecule has 1 saturated heterocycles. The Morgan fingerprint density at radius 3 is 2.81 bits per heavy atom. The molecule has 0 N–H and O–H groups in total. The molecular weight excluding hydrogens is 356 g/mol. The number of imidazole rings is 1. The molecule has 2 aromatic heterocycles. The van der Waals surface area contributed by atoms with Crippen molar-refractivity contribution in [1.82, 2.24) is 19.5 Å². The van der Waals surface area contributed by atoms with Crippen molar-refractivity contribution in [2.24, 2.45) is 0 Å². The first-order chi connectivity index (χ1) is 12.3. The molecule has 0 aromatic carbocycles. The molecule has 1 aliphatic rings. The van der Waals surface area contributed by atoms with Crippen LogP contribution in [-0.2, 0) is 9.47 Å². The average Bonchev–Trinajstić information content (AvgIpc) is 3.12. The lowest BCUT2D eigenvalue weighted by Gasteiger charge is -2.33. The number of piperidine rings is 1. The van der Waals surface area contributed by atoms with Crippen LogP contribution in [0.15, 0.2) is 6.20 Å². The van der Waals surface area contributed by atoms with Crippen molar-refractivity contribution in [2.75, 3.05) is 19.7 Å². The Morgan fingerprint density at radius 2 is 2.15 bits per heavy atom. The maximum Gasteiger partial charge on any atom is 0.410 e. The zero-order valence-electron chi connectivity index (χ0n) is 15.5. The maximum absolute atomic E-state index is 12.3. The molecule has 0 saturated carbocycles. The van der Waals surface area contributed by atoms with E-state index in [1.807, 2.05) is 20.8 Å². The second-order valence-electron chi connectivity index (χ2n) is 7.28. The van der Waals surface area contributed by atoms with Gasteiger partial charge in [0.2, 0.25) is 4.96 Å². The standard InChI is InChI=1S/C17H24N4O4S/c1-5-24-14(22)12-10-21-15(18-12)26-13(19-21)11-7-6-8-20(9-11)16(23)25-17(2,3)4/h10-11H,5-9H2,1-4H3/t11-/m1/s1. The predicted octanol–water partition coefficient (Wildman–Crippen LogP) is 3.08. The van der Waals surface area contributed by atoms with Gasteiger partial charge >= 0.3 is 12.1 Å². The first-order valence-corrected chi connectivity index (χ1v) is 9.59. The van der Waals surface area contributed by atoms with Crippen LogP contribution in [0.25, 0.3) is 4.96 Å². The molecule has 3 heterocycles. The number of hydrogen-bond donors (Lipinski definition) is 0. The lowest BCUT2D eigenvalue weighted by molar-refractivity contribution is 0.0197. The van der Waals surface area contributed by atoms with Gasteiger partial charge < -0.3 is 14.4 Å². The summed E-state index contributed by atoms with van der Waals surface area (Å²) in [7, 11) is 0. The highest BCUT2D eigenvalue weighted by Crippen LogP contribution is 2.31. The van der Waals surface area contributed by atoms with Crippen LogP contribution in [0.1, 0.15) is 62.0 Å². The minimum Gasteiger partial charge on any atom is -0.461 e. The monoisotopic (exact) mass is 380 g/mol. The van der Waals surface area contributed by atoms with Gasteiger partial charge in [-0.3, -0.25) is 0 Å². The molecule has 26 heavy (non-hydrogen) atoms. The molecule has 8 nitrogen and oxygen atoms in total. The van der Waals surface area contributed by atoms with Gasteiger partial charge in [-0.2, -0.15) is 5.10 Å². The van der Waals surface area contributed by atoms with E-state index in [0.29, 0.717) is 24.7 Å². The van der Waals surface area contributed by atoms with E-state index in [0.717, 1.165) is 17.8 Å². The van der Waals surface area contributed by atoms with Gasteiger partial charge in [0.1, 0.15) is 10.6 Å². The number of carbonyl (C=O) groups is 2. The van der Waals surface area contributed by atoms with E-state index in [1.54, 1.807) is 22.5 Å². The van der Waals surface area contributed by atoms with Gasteiger partial charge in [-0.15, -0.1) is 0 Å². The fraction of sp³-hybridized carbons (Fsp3) is 0.647. The molecule has 0 spiro atoms. The van der Waals surface area contributed by atoms with Crippen LogP contribution in [0, 0.1) is 0 Å². The van der Waals surface area contributed by atoms with Crippen molar-refractivity contribution in [3.8, 4) is 0 Å². The second kappa shape index (κ2) is 7.22. The highest BCUT2D eigenvalue weighted by atomic mass is 32.1. The molecule has 0 bridgehead atoms. The highest BCUT2D eigenvalue weighted by molar-refractivity contribution is 7.16. The molecule has 142 valence electrons. The normalized spacial score (nSPS) is 18.2. The molecule has 0 aliphatic carbocycles. The van der Waals surface area contributed by atoms with Crippen molar-refractivity contribution >= 4 is 28.4 Å². The molecule has 3 rings (SSSR count). The Bertz CT molecular complexity index is 776. The van der Waals surface area contributed by atoms with Crippen LogP contribution in [0.2, 0.25) is 0 Å². The fourth-order valence-electron chi connectivity index (χ4n) is 2.85. The number of likely N-dealkylation sites (tertiary alicyclic amines) is 1. The lowest BCUT2D eigenvalue weighted by Crippen LogP contribution is -2.42. The third-order valence-corrected chi connectivity index (χ3v) is 5.05. The molecule has 0 unspecified atom stereocenters. The number of esters is 1. The van der Waals surface area contributed by atoms with Crippen molar-refractivity contribution in [2.45, 2.75) is 52.1 Å². The molecule has 1 amide bonds. The van der Waals surface area contributed by atoms with E-state index in [-0.39, 0.29) is 17.7 Å². The van der Waals surface area contributed by atoms with Crippen LogP contribution in [0.3, 0.4) is 0 Å². The van der Waals surface area contributed by atoms with Crippen LogP contribution in [-0.4, -0.2) is 56.9 Å². The Balaban J connectivity index is 1.71. The maximum atomic E-state index is 12.3. The average molecular weight is 380 g/mol. The van der Waals surface area contributed by atoms with Gasteiger partial charge in [0.25, 0.3) is 0 Å². The first kappa shape index (κ1) is 18.6. The number of aromatic nitrogens is 3. The van der Waals surface area contributed by atoms with Gasteiger partial charge in [0, 0.05) is 19.0 Å². The molecule has 0 radical (unpaired) electrons. The first-order valence-electron chi connectivity index (χ1n) is 8.78. The smallest absolute Gasteiger partial charge is 0.410 e. The van der Waals surface area contributed by atoms with Crippen molar-refractivity contribution < 1.29 is 19.1 Å². The van der Waals surface area contributed by atoms with E-state index < -0.39 is 11.6 Å². The Hall–Kier alpha value is -2.16. The summed E-state index contributed by atoms with van der Waals surface area (Å²) in [4.78, 5) is 30.7. The molecular formula is C17H24N4O4S. The van der Waals surface area contributed by atoms with Gasteiger partial charge in [0.05, 0.1) is 12.8 Å². The zero-order chi connectivity index (χ0) is 18.9. The summed E-state index contributed by atoms with van der Waals surface area (Å²) in [5.74, 6) is -0.297. The third kappa shape index (κ3) is 4.14. The van der Waals surface area contributed by atoms with Crippen LogP contribution < -0.4 is 0 Å². The molecule has 1 aliphatic heterocycles. The Kier molecular flexibility index (Phi) is 5.17. The van der Waals surface area contributed by atoms with E-state index in [1.165, 1.54) is 11.3 Å². The summed E-state index contributed by atoms with van der Waals surface area (Å²) in [5.41, 5.74) is -0.244. The number of carbonyl (C=O) groups excluding carboxylic acids is 2. The lowest BCUT2D eigenvalue weighted by atomic mass is 9.99. The number of hydrogen-bond acceptors (Lipinski definition) is 7. The number of nitrogens with zero attached hydrogens (tertiary/aromatic N) is 4. The molecule has 1 atom stereocenters. The topological polar surface area (TPSA) is 86.0 Å². The van der Waals surface area contributed by atoms with Gasteiger partial charge in [0.15, 0.2) is 5.69 Å². The number of amides is 1. The highest BCUT2D eigenvalue weighted by Gasteiger charge is 2.30.